The molecule has 7 nitrogen and oxygen atoms in total. The van der Waals surface area contributed by atoms with Crippen LogP contribution >= 0.6 is 0 Å². The molecule has 1 fully saturated rings. The van der Waals surface area contributed by atoms with Gasteiger partial charge in [0.1, 0.15) is 5.54 Å². The fraction of sp³-hybridized carbons (Fsp3) is 0.348. The van der Waals surface area contributed by atoms with Gasteiger partial charge in [0, 0.05) is 0 Å². The van der Waals surface area contributed by atoms with Crippen LogP contribution in [0.15, 0.2) is 53.6 Å². The lowest BCUT2D eigenvalue weighted by molar-refractivity contribution is -0.131. The van der Waals surface area contributed by atoms with Gasteiger partial charge in [0.15, 0.2) is 11.5 Å². The van der Waals surface area contributed by atoms with Crippen LogP contribution in [0.2, 0.25) is 0 Å². The Balaban J connectivity index is 1.80. The zero-order chi connectivity index (χ0) is 21.6. The third-order valence-corrected chi connectivity index (χ3v) is 5.13. The predicted octanol–water partition coefficient (Wildman–Crippen LogP) is 4.07. The maximum Gasteiger partial charge on any atom is 0.346 e. The van der Waals surface area contributed by atoms with Crippen molar-refractivity contribution in [2.45, 2.75) is 38.6 Å². The Morgan fingerprint density at radius 3 is 2.53 bits per heavy atom. The number of unbranched alkanes of at least 4 members (excludes halogenated alkanes) is 1. The Morgan fingerprint density at radius 1 is 1.10 bits per heavy atom. The fourth-order valence-electron chi connectivity index (χ4n) is 3.36. The Hall–Kier alpha value is -3.35. The minimum atomic E-state index is -1.11. The molecule has 1 aliphatic rings. The predicted molar refractivity (Wildman–Crippen MR) is 115 cm³/mol. The van der Waals surface area contributed by atoms with Crippen molar-refractivity contribution < 1.29 is 19.1 Å². The van der Waals surface area contributed by atoms with Crippen molar-refractivity contribution >= 4 is 18.2 Å². The van der Waals surface area contributed by atoms with E-state index < -0.39 is 17.5 Å². The van der Waals surface area contributed by atoms with Crippen LogP contribution in [0.4, 0.5) is 4.79 Å². The quantitative estimate of drug-likeness (QED) is 0.385. The average Bonchev–Trinajstić information content (AvgIpc) is 3.03. The molecule has 30 heavy (non-hydrogen) atoms. The van der Waals surface area contributed by atoms with Gasteiger partial charge < -0.3 is 14.8 Å². The molecule has 1 aliphatic heterocycles. The molecule has 0 aliphatic carbocycles. The number of rotatable bonds is 9. The van der Waals surface area contributed by atoms with Crippen molar-refractivity contribution in [3.8, 4) is 11.5 Å². The highest BCUT2D eigenvalue weighted by Crippen LogP contribution is 2.32. The van der Waals surface area contributed by atoms with E-state index in [4.69, 9.17) is 9.47 Å². The molecule has 1 heterocycles. The van der Waals surface area contributed by atoms with Gasteiger partial charge in [-0.1, -0.05) is 50.6 Å². The lowest BCUT2D eigenvalue weighted by Crippen LogP contribution is -2.43. The second kappa shape index (κ2) is 9.43. The number of benzene rings is 2. The molecule has 158 valence electrons. The molecular formula is C23H27N3O4. The van der Waals surface area contributed by atoms with Gasteiger partial charge in [0.2, 0.25) is 0 Å². The summed E-state index contributed by atoms with van der Waals surface area (Å²) in [5, 5.41) is 7.85. The molecular weight excluding hydrogens is 382 g/mol. The first kappa shape index (κ1) is 21.4. The monoisotopic (exact) mass is 409 g/mol. The molecule has 0 bridgehead atoms. The van der Waals surface area contributed by atoms with Crippen molar-refractivity contribution in [3.63, 3.8) is 0 Å². The molecule has 2 aromatic rings. The van der Waals surface area contributed by atoms with E-state index >= 15 is 0 Å². The van der Waals surface area contributed by atoms with Crippen molar-refractivity contribution in [2.75, 3.05) is 13.7 Å². The van der Waals surface area contributed by atoms with Crippen molar-refractivity contribution in [1.82, 2.24) is 10.3 Å². The van der Waals surface area contributed by atoms with Gasteiger partial charge in [0.05, 0.1) is 19.9 Å². The summed E-state index contributed by atoms with van der Waals surface area (Å²) in [5.74, 6) is 0.815. The van der Waals surface area contributed by atoms with Crippen molar-refractivity contribution in [1.29, 1.82) is 0 Å². The SMILES string of the molecule is CCCCOc1ccc(/C=N\N2C(=O)N[C@@](CC)(c3ccccc3)C2=O)cc1OC. The van der Waals surface area contributed by atoms with E-state index in [0.717, 1.165) is 23.4 Å². The van der Waals surface area contributed by atoms with Gasteiger partial charge in [0.25, 0.3) is 5.91 Å². The van der Waals surface area contributed by atoms with Gasteiger partial charge in [-0.3, -0.25) is 4.79 Å². The summed E-state index contributed by atoms with van der Waals surface area (Å²) in [6.45, 7) is 4.57. The van der Waals surface area contributed by atoms with Crippen LogP contribution < -0.4 is 14.8 Å². The summed E-state index contributed by atoms with van der Waals surface area (Å²) in [6.07, 6.45) is 3.89. The van der Waals surface area contributed by atoms with E-state index in [9.17, 15) is 9.59 Å². The third kappa shape index (κ3) is 4.15. The fourth-order valence-corrected chi connectivity index (χ4v) is 3.36. The number of carbonyl (C=O) groups excluding carboxylic acids is 2. The van der Waals surface area contributed by atoms with E-state index in [0.29, 0.717) is 30.1 Å². The standard InChI is InChI=1S/C23H27N3O4/c1-4-6-14-30-19-13-12-17(15-20(19)29-3)16-24-26-21(27)23(5-2,25-22(26)28)18-10-8-7-9-11-18/h7-13,15-16H,4-6,14H2,1-3H3,(H,25,28)/b24-16-/t23-/m0/s1. The molecule has 1 saturated heterocycles. The number of urea groups is 1. The van der Waals surface area contributed by atoms with Gasteiger partial charge >= 0.3 is 6.03 Å². The number of methoxy groups -OCH3 is 1. The topological polar surface area (TPSA) is 80.2 Å². The van der Waals surface area contributed by atoms with E-state index in [1.54, 1.807) is 25.3 Å². The van der Waals surface area contributed by atoms with Crippen LogP contribution in [-0.4, -0.2) is 36.9 Å². The van der Waals surface area contributed by atoms with Crippen LogP contribution in [0.5, 0.6) is 11.5 Å². The Bertz CT molecular complexity index is 929. The van der Waals surface area contributed by atoms with Crippen LogP contribution in [0.25, 0.3) is 0 Å². The molecule has 3 rings (SSSR count). The highest BCUT2D eigenvalue weighted by Gasteiger charge is 2.51. The number of hydrazone groups is 1. The zero-order valence-electron chi connectivity index (χ0n) is 17.6. The number of carbonyl (C=O) groups is 2. The number of nitrogens with zero attached hydrogens (tertiary/aromatic N) is 2. The van der Waals surface area contributed by atoms with Crippen molar-refractivity contribution in [3.05, 3.63) is 59.7 Å². The molecule has 2 aromatic carbocycles. The Kier molecular flexibility index (Phi) is 6.72. The average molecular weight is 409 g/mol. The summed E-state index contributed by atoms with van der Waals surface area (Å²) in [7, 11) is 1.57. The normalized spacial score (nSPS) is 18.7. The van der Waals surface area contributed by atoms with Gasteiger partial charge in [-0.15, -0.1) is 5.01 Å². The van der Waals surface area contributed by atoms with Gasteiger partial charge in [-0.25, -0.2) is 4.79 Å². The molecule has 0 aromatic heterocycles. The first-order valence-corrected chi connectivity index (χ1v) is 10.1. The molecule has 0 saturated carbocycles. The lowest BCUT2D eigenvalue weighted by Gasteiger charge is -2.24. The summed E-state index contributed by atoms with van der Waals surface area (Å²) < 4.78 is 11.1. The second-order valence-electron chi connectivity index (χ2n) is 7.03. The van der Waals surface area contributed by atoms with Crippen LogP contribution in [0, 0.1) is 0 Å². The molecule has 1 atom stereocenters. The summed E-state index contributed by atoms with van der Waals surface area (Å²) in [5.41, 5.74) is 0.312. The van der Waals surface area contributed by atoms with Gasteiger partial charge in [-0.05, 0) is 42.2 Å². The van der Waals surface area contributed by atoms with Crippen LogP contribution in [0.1, 0.15) is 44.2 Å². The first-order valence-electron chi connectivity index (χ1n) is 10.1. The highest BCUT2D eigenvalue weighted by molar-refractivity contribution is 6.07. The van der Waals surface area contributed by atoms with E-state index in [1.165, 1.54) is 6.21 Å². The maximum absolute atomic E-state index is 13.1. The lowest BCUT2D eigenvalue weighted by atomic mass is 9.87. The van der Waals surface area contributed by atoms with E-state index in [2.05, 4.69) is 17.3 Å². The molecule has 0 spiro atoms. The number of hydrogen-bond acceptors (Lipinski definition) is 5. The number of amides is 3. The van der Waals surface area contributed by atoms with Crippen LogP contribution in [-0.2, 0) is 10.3 Å². The van der Waals surface area contributed by atoms with Crippen molar-refractivity contribution in [2.24, 2.45) is 5.10 Å². The molecule has 0 radical (unpaired) electrons. The van der Waals surface area contributed by atoms with E-state index in [1.807, 2.05) is 37.3 Å². The molecule has 7 heteroatoms. The molecule has 1 N–H and O–H groups in total. The molecule has 3 amide bonds. The van der Waals surface area contributed by atoms with E-state index in [-0.39, 0.29) is 0 Å². The number of hydrogen-bond donors (Lipinski definition) is 1. The minimum absolute atomic E-state index is 0.399. The minimum Gasteiger partial charge on any atom is -0.493 e. The number of imide groups is 1. The van der Waals surface area contributed by atoms with Crippen LogP contribution in [0.3, 0.4) is 0 Å². The zero-order valence-corrected chi connectivity index (χ0v) is 17.6. The third-order valence-electron chi connectivity index (χ3n) is 5.13. The Labute approximate surface area is 176 Å². The summed E-state index contributed by atoms with van der Waals surface area (Å²) in [4.78, 5) is 25.6. The van der Waals surface area contributed by atoms with Gasteiger partial charge in [-0.2, -0.15) is 5.10 Å². The smallest absolute Gasteiger partial charge is 0.346 e. The molecule has 0 unspecified atom stereocenters. The second-order valence-corrected chi connectivity index (χ2v) is 7.03. The maximum atomic E-state index is 13.1. The number of nitrogens with one attached hydrogen (secondary N) is 1. The Morgan fingerprint density at radius 2 is 1.87 bits per heavy atom. The summed E-state index contributed by atoms with van der Waals surface area (Å²) >= 11 is 0. The highest BCUT2D eigenvalue weighted by atomic mass is 16.5. The number of ether oxygens (including phenoxy) is 2. The largest absolute Gasteiger partial charge is 0.493 e. The first-order chi connectivity index (χ1) is 14.6. The summed E-state index contributed by atoms with van der Waals surface area (Å²) in [6, 6.07) is 14.0.